The van der Waals surface area contributed by atoms with E-state index in [-0.39, 0.29) is 23.4 Å². The summed E-state index contributed by atoms with van der Waals surface area (Å²) in [6.45, 7) is 1.91. The van der Waals surface area contributed by atoms with Crippen LogP contribution >= 0.6 is 0 Å². The summed E-state index contributed by atoms with van der Waals surface area (Å²) in [5.74, 6) is -0.428. The number of esters is 1. The molecule has 1 amide bonds. The van der Waals surface area contributed by atoms with Gasteiger partial charge in [0.25, 0.3) is 0 Å². The zero-order valence-corrected chi connectivity index (χ0v) is 15.8. The number of ether oxygens (including phenoxy) is 1. The number of nitrogens with two attached hydrogens (primary N) is 1. The van der Waals surface area contributed by atoms with Gasteiger partial charge in [-0.1, -0.05) is 35.5 Å². The van der Waals surface area contributed by atoms with E-state index in [9.17, 15) is 14.4 Å². The number of primary amides is 1. The standard InChI is InChI=1S/C21H19N3O5/c1-12-17(18(23-29-12)14-5-3-2-4-6-14)19(25)15-9-16(24(10-15)21(22)27)20(26)28-11-13-7-8-13/h2-6,9-10,13H,7-8,11H2,1H3,(H2,22,27). The summed E-state index contributed by atoms with van der Waals surface area (Å²) >= 11 is 0. The number of ketones is 1. The molecule has 1 aliphatic carbocycles. The van der Waals surface area contributed by atoms with Gasteiger partial charge in [0.05, 0.1) is 12.2 Å². The lowest BCUT2D eigenvalue weighted by molar-refractivity contribution is 0.0476. The largest absolute Gasteiger partial charge is 0.461 e. The van der Waals surface area contributed by atoms with Gasteiger partial charge in [-0.05, 0) is 31.7 Å². The predicted molar refractivity (Wildman–Crippen MR) is 103 cm³/mol. The number of aromatic nitrogens is 2. The maximum atomic E-state index is 13.2. The van der Waals surface area contributed by atoms with Gasteiger partial charge in [-0.25, -0.2) is 9.59 Å². The van der Waals surface area contributed by atoms with Crippen molar-refractivity contribution < 1.29 is 23.6 Å². The van der Waals surface area contributed by atoms with Crippen molar-refractivity contribution >= 4 is 17.8 Å². The molecule has 4 rings (SSSR count). The smallest absolute Gasteiger partial charge is 0.355 e. The molecule has 2 aromatic heterocycles. The van der Waals surface area contributed by atoms with Gasteiger partial charge < -0.3 is 15.0 Å². The van der Waals surface area contributed by atoms with E-state index in [4.69, 9.17) is 15.0 Å². The van der Waals surface area contributed by atoms with Gasteiger partial charge in [-0.2, -0.15) is 0 Å². The van der Waals surface area contributed by atoms with Crippen molar-refractivity contribution in [3.8, 4) is 11.3 Å². The Bertz CT molecular complexity index is 1090. The second-order valence-electron chi connectivity index (χ2n) is 7.02. The van der Waals surface area contributed by atoms with Crippen LogP contribution in [0.15, 0.2) is 47.1 Å². The van der Waals surface area contributed by atoms with Crippen molar-refractivity contribution in [3.05, 3.63) is 65.2 Å². The van der Waals surface area contributed by atoms with E-state index in [1.165, 1.54) is 12.3 Å². The quantitative estimate of drug-likeness (QED) is 0.508. The van der Waals surface area contributed by atoms with Gasteiger partial charge >= 0.3 is 12.0 Å². The third-order valence-electron chi connectivity index (χ3n) is 4.81. The monoisotopic (exact) mass is 393 g/mol. The molecular weight excluding hydrogens is 374 g/mol. The Morgan fingerprint density at radius 2 is 1.97 bits per heavy atom. The molecule has 0 unspecified atom stereocenters. The zero-order valence-electron chi connectivity index (χ0n) is 15.8. The molecule has 148 valence electrons. The number of hydrogen-bond donors (Lipinski definition) is 1. The summed E-state index contributed by atoms with van der Waals surface area (Å²) in [5.41, 5.74) is 6.77. The van der Waals surface area contributed by atoms with Crippen LogP contribution in [0.4, 0.5) is 4.79 Å². The zero-order chi connectivity index (χ0) is 20.5. The second-order valence-corrected chi connectivity index (χ2v) is 7.02. The van der Waals surface area contributed by atoms with E-state index in [0.717, 1.165) is 17.4 Å². The molecule has 2 heterocycles. The maximum Gasteiger partial charge on any atom is 0.355 e. The molecular formula is C21H19N3O5. The van der Waals surface area contributed by atoms with E-state index in [0.29, 0.717) is 22.9 Å². The van der Waals surface area contributed by atoms with Crippen LogP contribution in [0.1, 0.15) is 45.0 Å². The summed E-state index contributed by atoms with van der Waals surface area (Å²) in [4.78, 5) is 37.4. The van der Waals surface area contributed by atoms with Gasteiger partial charge in [0, 0.05) is 17.3 Å². The highest BCUT2D eigenvalue weighted by Crippen LogP contribution is 2.30. The lowest BCUT2D eigenvalue weighted by Crippen LogP contribution is -2.24. The van der Waals surface area contributed by atoms with Crippen LogP contribution in [0.3, 0.4) is 0 Å². The number of rotatable bonds is 6. The second kappa shape index (κ2) is 7.38. The number of carbonyl (C=O) groups excluding carboxylic acids is 3. The highest BCUT2D eigenvalue weighted by Gasteiger charge is 2.28. The minimum atomic E-state index is -0.882. The van der Waals surface area contributed by atoms with Crippen LogP contribution in [-0.2, 0) is 4.74 Å². The Labute approximate surface area is 166 Å². The molecule has 1 saturated carbocycles. The molecule has 1 aliphatic rings. The molecule has 0 spiro atoms. The molecule has 8 heteroatoms. The van der Waals surface area contributed by atoms with Crippen molar-refractivity contribution in [2.45, 2.75) is 19.8 Å². The average molecular weight is 393 g/mol. The molecule has 0 radical (unpaired) electrons. The third-order valence-corrected chi connectivity index (χ3v) is 4.81. The van der Waals surface area contributed by atoms with Crippen LogP contribution in [0, 0.1) is 12.8 Å². The van der Waals surface area contributed by atoms with Crippen molar-refractivity contribution in [2.24, 2.45) is 11.7 Å². The Kier molecular flexibility index (Phi) is 4.75. The summed E-state index contributed by atoms with van der Waals surface area (Å²) in [6.07, 6.45) is 3.27. The van der Waals surface area contributed by atoms with E-state index in [1.807, 2.05) is 30.3 Å². The van der Waals surface area contributed by atoms with Crippen LogP contribution in [0.5, 0.6) is 0 Å². The van der Waals surface area contributed by atoms with E-state index < -0.39 is 17.8 Å². The first kappa shape index (κ1) is 18.7. The van der Waals surface area contributed by atoms with E-state index >= 15 is 0 Å². The fourth-order valence-electron chi connectivity index (χ4n) is 3.06. The summed E-state index contributed by atoms with van der Waals surface area (Å²) in [7, 11) is 0. The molecule has 1 fully saturated rings. The highest BCUT2D eigenvalue weighted by atomic mass is 16.5. The van der Waals surface area contributed by atoms with Gasteiger partial charge in [0.1, 0.15) is 17.1 Å². The van der Waals surface area contributed by atoms with Crippen LogP contribution in [0.2, 0.25) is 0 Å². The number of hydrogen-bond acceptors (Lipinski definition) is 6. The van der Waals surface area contributed by atoms with Gasteiger partial charge in [-0.15, -0.1) is 0 Å². The van der Waals surface area contributed by atoms with Crippen LogP contribution < -0.4 is 5.73 Å². The molecule has 29 heavy (non-hydrogen) atoms. The van der Waals surface area contributed by atoms with Gasteiger partial charge in [-0.3, -0.25) is 9.36 Å². The number of nitrogens with zero attached hydrogens (tertiary/aromatic N) is 2. The summed E-state index contributed by atoms with van der Waals surface area (Å²) < 4.78 is 11.4. The third kappa shape index (κ3) is 3.69. The average Bonchev–Trinajstić information content (AvgIpc) is 3.30. The molecule has 1 aromatic carbocycles. The molecule has 0 bridgehead atoms. The number of benzene rings is 1. The number of carbonyl (C=O) groups is 3. The number of aryl methyl sites for hydroxylation is 1. The molecule has 8 nitrogen and oxygen atoms in total. The predicted octanol–water partition coefficient (Wildman–Crippen LogP) is 3.18. The van der Waals surface area contributed by atoms with Crippen molar-refractivity contribution in [2.75, 3.05) is 6.61 Å². The first-order valence-corrected chi connectivity index (χ1v) is 9.21. The van der Waals surface area contributed by atoms with Crippen LogP contribution in [0.25, 0.3) is 11.3 Å². The molecule has 0 saturated heterocycles. The van der Waals surface area contributed by atoms with Gasteiger partial charge in [0.15, 0.2) is 5.78 Å². The first-order valence-electron chi connectivity index (χ1n) is 9.21. The maximum absolute atomic E-state index is 13.2. The fraction of sp³-hybridized carbons (Fsp3) is 0.238. The Balaban J connectivity index is 1.69. The highest BCUT2D eigenvalue weighted by molar-refractivity contribution is 6.14. The molecule has 3 aromatic rings. The van der Waals surface area contributed by atoms with Crippen molar-refractivity contribution in [1.82, 2.24) is 9.72 Å². The molecule has 0 atom stereocenters. The normalized spacial score (nSPS) is 13.3. The molecule has 0 aliphatic heterocycles. The Morgan fingerprint density at radius 3 is 2.62 bits per heavy atom. The summed E-state index contributed by atoms with van der Waals surface area (Å²) in [6, 6.07) is 9.55. The molecule has 2 N–H and O–H groups in total. The lowest BCUT2D eigenvalue weighted by atomic mass is 10.00. The minimum absolute atomic E-state index is 0.0862. The number of amides is 1. The topological polar surface area (TPSA) is 117 Å². The lowest BCUT2D eigenvalue weighted by Gasteiger charge is -2.05. The van der Waals surface area contributed by atoms with Gasteiger partial charge in [0.2, 0.25) is 0 Å². The van der Waals surface area contributed by atoms with Crippen molar-refractivity contribution in [1.29, 1.82) is 0 Å². The first-order chi connectivity index (χ1) is 14.0. The Morgan fingerprint density at radius 1 is 1.24 bits per heavy atom. The minimum Gasteiger partial charge on any atom is -0.461 e. The van der Waals surface area contributed by atoms with E-state index in [2.05, 4.69) is 5.16 Å². The fourth-order valence-corrected chi connectivity index (χ4v) is 3.06. The van der Waals surface area contributed by atoms with Crippen molar-refractivity contribution in [3.63, 3.8) is 0 Å². The summed E-state index contributed by atoms with van der Waals surface area (Å²) in [5, 5.41) is 4.00. The van der Waals surface area contributed by atoms with Crippen LogP contribution in [-0.4, -0.2) is 34.1 Å². The SMILES string of the molecule is Cc1onc(-c2ccccc2)c1C(=O)c1cc(C(=O)OCC2CC2)n(C(N)=O)c1. The van der Waals surface area contributed by atoms with E-state index in [1.54, 1.807) is 6.92 Å². The Hall–Kier alpha value is -3.68.